The molecular weight excluding hydrogens is 278 g/mol. The lowest BCUT2D eigenvalue weighted by Crippen LogP contribution is -2.17. The molecule has 0 atom stereocenters. The van der Waals surface area contributed by atoms with Crippen LogP contribution in [0.15, 0.2) is 29.4 Å². The Morgan fingerprint density at radius 2 is 2.00 bits per heavy atom. The van der Waals surface area contributed by atoms with Crippen molar-refractivity contribution in [1.29, 1.82) is 0 Å². The molecule has 0 aliphatic rings. The van der Waals surface area contributed by atoms with Crippen LogP contribution in [0.25, 0.3) is 0 Å². The van der Waals surface area contributed by atoms with Gasteiger partial charge in [-0.05, 0) is 12.1 Å². The van der Waals surface area contributed by atoms with Gasteiger partial charge in [-0.25, -0.2) is 8.78 Å². The highest BCUT2D eigenvalue weighted by atomic mass is 32.2. The van der Waals surface area contributed by atoms with Crippen LogP contribution in [0.1, 0.15) is 0 Å². The van der Waals surface area contributed by atoms with Crippen LogP contribution in [0.5, 0.6) is 0 Å². The van der Waals surface area contributed by atoms with Crippen LogP contribution in [0.3, 0.4) is 0 Å². The Balaban J connectivity index is 2.42. The number of sulfonamides is 1. The Labute approximate surface area is 107 Å². The Bertz CT molecular complexity index is 727. The number of aryl methyl sites for hydroxylation is 1. The lowest BCUT2D eigenvalue weighted by Gasteiger charge is -2.10. The lowest BCUT2D eigenvalue weighted by atomic mass is 10.2. The number of hydrogen-bond acceptors (Lipinski definition) is 4. The van der Waals surface area contributed by atoms with Crippen molar-refractivity contribution < 1.29 is 17.2 Å². The van der Waals surface area contributed by atoms with E-state index < -0.39 is 27.3 Å². The maximum atomic E-state index is 13.5. The molecule has 0 unspecified atom stereocenters. The normalized spacial score (nSPS) is 11.5. The first-order chi connectivity index (χ1) is 8.81. The summed E-state index contributed by atoms with van der Waals surface area (Å²) in [4.78, 5) is 0. The molecule has 6 nitrogen and oxygen atoms in total. The molecule has 3 N–H and O–H groups in total. The van der Waals surface area contributed by atoms with Gasteiger partial charge < -0.3 is 5.73 Å². The maximum absolute atomic E-state index is 13.5. The minimum atomic E-state index is -4.02. The maximum Gasteiger partial charge on any atom is 0.279 e. The second kappa shape index (κ2) is 4.50. The standard InChI is InChI=1S/C10H10F2N4O2S/c1-16-10(2-3-14-16)19(17,18)15-9-5-8(13)6(11)4-7(9)12/h2-5,15H,13H2,1H3. The third kappa shape index (κ3) is 2.50. The zero-order chi connectivity index (χ0) is 14.2. The number of nitrogens with zero attached hydrogens (tertiary/aromatic N) is 2. The van der Waals surface area contributed by atoms with Gasteiger partial charge in [0.2, 0.25) is 0 Å². The molecule has 9 heteroatoms. The lowest BCUT2D eigenvalue weighted by molar-refractivity contribution is 0.576. The number of hydrogen-bond donors (Lipinski definition) is 2. The van der Waals surface area contributed by atoms with Gasteiger partial charge in [-0.3, -0.25) is 9.40 Å². The summed E-state index contributed by atoms with van der Waals surface area (Å²) >= 11 is 0. The molecule has 19 heavy (non-hydrogen) atoms. The zero-order valence-corrected chi connectivity index (χ0v) is 10.6. The molecule has 1 heterocycles. The van der Waals surface area contributed by atoms with Crippen LogP contribution in [0, 0.1) is 11.6 Å². The first kappa shape index (κ1) is 13.3. The highest BCUT2D eigenvalue weighted by Crippen LogP contribution is 2.23. The van der Waals surface area contributed by atoms with Crippen LogP contribution >= 0.6 is 0 Å². The van der Waals surface area contributed by atoms with E-state index >= 15 is 0 Å². The summed E-state index contributed by atoms with van der Waals surface area (Å²) < 4.78 is 53.4. The van der Waals surface area contributed by atoms with Gasteiger partial charge in [-0.2, -0.15) is 13.5 Å². The average molecular weight is 288 g/mol. The van der Waals surface area contributed by atoms with Crippen molar-refractivity contribution in [2.45, 2.75) is 5.03 Å². The summed E-state index contributed by atoms with van der Waals surface area (Å²) in [6, 6.07) is 2.63. The van der Waals surface area contributed by atoms with Crippen molar-refractivity contribution >= 4 is 21.4 Å². The predicted octanol–water partition coefficient (Wildman–Crippen LogP) is 1.08. The summed E-state index contributed by atoms with van der Waals surface area (Å²) in [7, 11) is -2.60. The number of nitrogen functional groups attached to an aromatic ring is 1. The summed E-state index contributed by atoms with van der Waals surface area (Å²) in [6.45, 7) is 0. The first-order valence-corrected chi connectivity index (χ1v) is 6.55. The number of nitrogens with two attached hydrogens (primary N) is 1. The third-order valence-corrected chi connectivity index (χ3v) is 3.82. The van der Waals surface area contributed by atoms with Crippen LogP contribution < -0.4 is 10.5 Å². The fourth-order valence-electron chi connectivity index (χ4n) is 1.47. The number of rotatable bonds is 3. The summed E-state index contributed by atoms with van der Waals surface area (Å²) in [5.74, 6) is -2.02. The molecule has 0 amide bonds. The highest BCUT2D eigenvalue weighted by Gasteiger charge is 2.20. The first-order valence-electron chi connectivity index (χ1n) is 5.06. The highest BCUT2D eigenvalue weighted by molar-refractivity contribution is 7.92. The number of anilines is 2. The van der Waals surface area contributed by atoms with Gasteiger partial charge in [0.05, 0.1) is 17.6 Å². The van der Waals surface area contributed by atoms with Crippen molar-refractivity contribution in [3.8, 4) is 0 Å². The Morgan fingerprint density at radius 1 is 1.32 bits per heavy atom. The zero-order valence-electron chi connectivity index (χ0n) is 9.76. The molecule has 0 aliphatic carbocycles. The topological polar surface area (TPSA) is 90.0 Å². The van der Waals surface area contributed by atoms with Crippen molar-refractivity contribution in [3.05, 3.63) is 36.0 Å². The van der Waals surface area contributed by atoms with Gasteiger partial charge in [0.15, 0.2) is 5.03 Å². The van der Waals surface area contributed by atoms with Gasteiger partial charge in [0, 0.05) is 13.1 Å². The van der Waals surface area contributed by atoms with Crippen molar-refractivity contribution in [2.24, 2.45) is 7.05 Å². The van der Waals surface area contributed by atoms with Crippen molar-refractivity contribution in [2.75, 3.05) is 10.5 Å². The van der Waals surface area contributed by atoms with Gasteiger partial charge in [0.25, 0.3) is 10.0 Å². The van der Waals surface area contributed by atoms with E-state index in [0.29, 0.717) is 6.07 Å². The molecular formula is C10H10F2N4O2S. The van der Waals surface area contributed by atoms with E-state index in [0.717, 1.165) is 10.7 Å². The summed E-state index contributed by atoms with van der Waals surface area (Å²) in [5.41, 5.74) is 4.48. The number of benzene rings is 1. The minimum absolute atomic E-state index is 0.158. The van der Waals surface area contributed by atoms with Crippen LogP contribution in [0.2, 0.25) is 0 Å². The molecule has 2 aromatic rings. The molecule has 0 radical (unpaired) electrons. The third-order valence-electron chi connectivity index (χ3n) is 2.38. The fraction of sp³-hybridized carbons (Fsp3) is 0.100. The average Bonchev–Trinajstić information content (AvgIpc) is 2.73. The summed E-state index contributed by atoms with van der Waals surface area (Å²) in [6.07, 6.45) is 1.28. The molecule has 0 fully saturated rings. The Morgan fingerprint density at radius 3 is 2.58 bits per heavy atom. The SMILES string of the molecule is Cn1nccc1S(=O)(=O)Nc1cc(N)c(F)cc1F. The second-order valence-corrected chi connectivity index (χ2v) is 5.38. The van der Waals surface area contributed by atoms with Crippen LogP contribution in [-0.2, 0) is 17.1 Å². The monoisotopic (exact) mass is 288 g/mol. The molecule has 2 rings (SSSR count). The molecule has 0 saturated carbocycles. The van der Waals surface area contributed by atoms with Gasteiger partial charge in [-0.1, -0.05) is 0 Å². The smallest absolute Gasteiger partial charge is 0.279 e. The number of aromatic nitrogens is 2. The minimum Gasteiger partial charge on any atom is -0.396 e. The molecule has 102 valence electrons. The predicted molar refractivity (Wildman–Crippen MR) is 64.8 cm³/mol. The van der Waals surface area contributed by atoms with Crippen molar-refractivity contribution in [3.63, 3.8) is 0 Å². The molecule has 0 saturated heterocycles. The van der Waals surface area contributed by atoms with E-state index in [9.17, 15) is 17.2 Å². The van der Waals surface area contributed by atoms with E-state index in [-0.39, 0.29) is 10.7 Å². The molecule has 1 aromatic carbocycles. The molecule has 0 spiro atoms. The summed E-state index contributed by atoms with van der Waals surface area (Å²) in [5, 5.41) is 3.54. The molecule has 0 aliphatic heterocycles. The number of halogens is 2. The van der Waals surface area contributed by atoms with Crippen molar-refractivity contribution in [1.82, 2.24) is 9.78 Å². The largest absolute Gasteiger partial charge is 0.396 e. The van der Waals surface area contributed by atoms with E-state index in [1.165, 1.54) is 19.3 Å². The van der Waals surface area contributed by atoms with Crippen LogP contribution in [0.4, 0.5) is 20.2 Å². The van der Waals surface area contributed by atoms with E-state index in [2.05, 4.69) is 5.10 Å². The Kier molecular flexibility index (Phi) is 3.14. The van der Waals surface area contributed by atoms with Gasteiger partial charge in [0.1, 0.15) is 11.6 Å². The van der Waals surface area contributed by atoms with E-state index in [1.807, 2.05) is 4.72 Å². The van der Waals surface area contributed by atoms with E-state index in [4.69, 9.17) is 5.73 Å². The fourth-order valence-corrected chi connectivity index (χ4v) is 2.65. The Hall–Kier alpha value is -2.16. The molecule has 1 aromatic heterocycles. The van der Waals surface area contributed by atoms with E-state index in [1.54, 1.807) is 0 Å². The molecule has 0 bridgehead atoms. The number of nitrogens with one attached hydrogen (secondary N) is 1. The van der Waals surface area contributed by atoms with Gasteiger partial charge in [-0.15, -0.1) is 0 Å². The van der Waals surface area contributed by atoms with Gasteiger partial charge >= 0.3 is 0 Å². The van der Waals surface area contributed by atoms with Crippen LogP contribution in [-0.4, -0.2) is 18.2 Å². The second-order valence-electron chi connectivity index (χ2n) is 3.75. The quantitative estimate of drug-likeness (QED) is 0.827.